The molecule has 0 bridgehead atoms. The number of thioether (sulfide) groups is 1. The Bertz CT molecular complexity index is 155. The molecule has 90 valence electrons. The van der Waals surface area contributed by atoms with Crippen LogP contribution in [0.2, 0.25) is 0 Å². The monoisotopic (exact) mass is 231 g/mol. The molecule has 0 aromatic heterocycles. The van der Waals surface area contributed by atoms with Crippen LogP contribution in [0, 0.1) is 5.92 Å². The molecule has 0 radical (unpaired) electrons. The van der Waals surface area contributed by atoms with Crippen molar-refractivity contribution in [3.8, 4) is 0 Å². The van der Waals surface area contributed by atoms with Crippen molar-refractivity contribution in [1.29, 1.82) is 0 Å². The van der Waals surface area contributed by atoms with Crippen LogP contribution in [0.4, 0.5) is 0 Å². The Kier molecular flexibility index (Phi) is 7.49. The number of rotatable bonds is 8. The van der Waals surface area contributed by atoms with Gasteiger partial charge in [-0.1, -0.05) is 6.92 Å². The van der Waals surface area contributed by atoms with Crippen LogP contribution in [-0.2, 0) is 4.74 Å². The van der Waals surface area contributed by atoms with E-state index in [4.69, 9.17) is 4.74 Å². The lowest BCUT2D eigenvalue weighted by Crippen LogP contribution is -2.28. The minimum Gasteiger partial charge on any atom is -0.378 e. The molecule has 2 unspecified atom stereocenters. The molecule has 0 aromatic rings. The first kappa shape index (κ1) is 13.3. The predicted molar refractivity (Wildman–Crippen MR) is 68.6 cm³/mol. The minimum atomic E-state index is 0.517. The smallest absolute Gasteiger partial charge is 0.0613 e. The highest BCUT2D eigenvalue weighted by Gasteiger charge is 2.25. The zero-order valence-corrected chi connectivity index (χ0v) is 10.9. The summed E-state index contributed by atoms with van der Waals surface area (Å²) in [5.74, 6) is 2.06. The van der Waals surface area contributed by atoms with Crippen LogP contribution in [0.3, 0.4) is 0 Å². The quantitative estimate of drug-likeness (QED) is 0.649. The summed E-state index contributed by atoms with van der Waals surface area (Å²) in [4.78, 5) is 0. The third-order valence-corrected chi connectivity index (χ3v) is 3.80. The Morgan fingerprint density at radius 3 is 3.00 bits per heavy atom. The number of unbranched alkanes of at least 4 members (excludes halogenated alkanes) is 1. The summed E-state index contributed by atoms with van der Waals surface area (Å²) in [6.45, 7) is 5.52. The van der Waals surface area contributed by atoms with Gasteiger partial charge in [-0.15, -0.1) is 0 Å². The second kappa shape index (κ2) is 8.43. The number of nitrogens with one attached hydrogen (secondary N) is 1. The van der Waals surface area contributed by atoms with Gasteiger partial charge in [-0.05, 0) is 50.2 Å². The molecular formula is C12H25NOS. The summed E-state index contributed by atoms with van der Waals surface area (Å²) in [5.41, 5.74) is 0. The molecule has 0 saturated carbocycles. The van der Waals surface area contributed by atoms with E-state index in [0.717, 1.165) is 19.1 Å². The van der Waals surface area contributed by atoms with E-state index in [9.17, 15) is 0 Å². The molecular weight excluding hydrogens is 206 g/mol. The number of hydrogen-bond acceptors (Lipinski definition) is 3. The SMILES string of the molecule is CCC1OCCC1CNCCCCSC. The molecule has 0 aliphatic carbocycles. The molecule has 0 aromatic carbocycles. The van der Waals surface area contributed by atoms with Gasteiger partial charge in [0.05, 0.1) is 6.10 Å². The van der Waals surface area contributed by atoms with Gasteiger partial charge >= 0.3 is 0 Å². The maximum atomic E-state index is 5.67. The molecule has 1 rings (SSSR count). The third-order valence-electron chi connectivity index (χ3n) is 3.11. The van der Waals surface area contributed by atoms with Gasteiger partial charge in [0.15, 0.2) is 0 Å². The molecule has 1 N–H and O–H groups in total. The van der Waals surface area contributed by atoms with Gasteiger partial charge in [0.25, 0.3) is 0 Å². The highest BCUT2D eigenvalue weighted by molar-refractivity contribution is 7.98. The van der Waals surface area contributed by atoms with Gasteiger partial charge in [-0.3, -0.25) is 0 Å². The van der Waals surface area contributed by atoms with Crippen LogP contribution in [0.15, 0.2) is 0 Å². The fraction of sp³-hybridized carbons (Fsp3) is 1.00. The molecule has 1 heterocycles. The standard InChI is InChI=1S/C12H25NOS/c1-3-12-11(6-8-14-12)10-13-7-4-5-9-15-2/h11-13H,3-10H2,1-2H3. The van der Waals surface area contributed by atoms with Crippen LogP contribution in [0.1, 0.15) is 32.6 Å². The molecule has 2 nitrogen and oxygen atoms in total. The summed E-state index contributed by atoms with van der Waals surface area (Å²) in [5, 5.41) is 3.56. The van der Waals surface area contributed by atoms with E-state index in [2.05, 4.69) is 18.5 Å². The zero-order chi connectivity index (χ0) is 10.9. The maximum absolute atomic E-state index is 5.67. The molecule has 1 aliphatic rings. The summed E-state index contributed by atoms with van der Waals surface area (Å²) in [6, 6.07) is 0. The Labute approximate surface area is 98.5 Å². The van der Waals surface area contributed by atoms with Gasteiger partial charge < -0.3 is 10.1 Å². The van der Waals surface area contributed by atoms with Crippen LogP contribution in [0.25, 0.3) is 0 Å². The number of ether oxygens (including phenoxy) is 1. The van der Waals surface area contributed by atoms with Crippen molar-refractivity contribution in [3.63, 3.8) is 0 Å². The topological polar surface area (TPSA) is 21.3 Å². The first-order valence-corrected chi connectivity index (χ1v) is 7.59. The van der Waals surface area contributed by atoms with E-state index in [0.29, 0.717) is 6.10 Å². The van der Waals surface area contributed by atoms with E-state index in [1.54, 1.807) is 0 Å². The van der Waals surface area contributed by atoms with Crippen LogP contribution in [0.5, 0.6) is 0 Å². The largest absolute Gasteiger partial charge is 0.378 e. The Morgan fingerprint density at radius 2 is 2.27 bits per heavy atom. The lowest BCUT2D eigenvalue weighted by atomic mass is 10.00. The summed E-state index contributed by atoms with van der Waals surface area (Å²) in [6.07, 6.45) is 7.76. The van der Waals surface area contributed by atoms with Crippen molar-refractivity contribution < 1.29 is 4.74 Å². The molecule has 0 spiro atoms. The Morgan fingerprint density at radius 1 is 1.40 bits per heavy atom. The van der Waals surface area contributed by atoms with Crippen molar-refractivity contribution in [3.05, 3.63) is 0 Å². The molecule has 1 fully saturated rings. The van der Waals surface area contributed by atoms with Crippen molar-refractivity contribution in [1.82, 2.24) is 5.32 Å². The van der Waals surface area contributed by atoms with Gasteiger partial charge in [0.1, 0.15) is 0 Å². The Hall–Kier alpha value is 0.270. The van der Waals surface area contributed by atoms with Crippen molar-refractivity contribution in [2.75, 3.05) is 31.7 Å². The van der Waals surface area contributed by atoms with Gasteiger partial charge in [0.2, 0.25) is 0 Å². The third kappa shape index (κ3) is 5.23. The zero-order valence-electron chi connectivity index (χ0n) is 10.1. The summed E-state index contributed by atoms with van der Waals surface area (Å²) < 4.78 is 5.67. The molecule has 2 atom stereocenters. The molecule has 15 heavy (non-hydrogen) atoms. The molecule has 0 amide bonds. The molecule has 3 heteroatoms. The van der Waals surface area contributed by atoms with Crippen molar-refractivity contribution in [2.45, 2.75) is 38.7 Å². The van der Waals surface area contributed by atoms with Gasteiger partial charge in [-0.25, -0.2) is 0 Å². The predicted octanol–water partition coefficient (Wildman–Crippen LogP) is 2.53. The second-order valence-electron chi connectivity index (χ2n) is 4.27. The molecule has 1 aliphatic heterocycles. The van der Waals surface area contributed by atoms with Gasteiger partial charge in [-0.2, -0.15) is 11.8 Å². The minimum absolute atomic E-state index is 0.517. The van der Waals surface area contributed by atoms with Crippen molar-refractivity contribution >= 4 is 11.8 Å². The van der Waals surface area contributed by atoms with Crippen LogP contribution < -0.4 is 5.32 Å². The van der Waals surface area contributed by atoms with E-state index < -0.39 is 0 Å². The lowest BCUT2D eigenvalue weighted by Gasteiger charge is -2.17. The van der Waals surface area contributed by atoms with Crippen molar-refractivity contribution in [2.24, 2.45) is 5.92 Å². The first-order chi connectivity index (χ1) is 7.38. The summed E-state index contributed by atoms with van der Waals surface area (Å²) >= 11 is 1.94. The second-order valence-corrected chi connectivity index (χ2v) is 5.26. The van der Waals surface area contributed by atoms with E-state index >= 15 is 0 Å². The van der Waals surface area contributed by atoms with Gasteiger partial charge in [0, 0.05) is 13.2 Å². The van der Waals surface area contributed by atoms with E-state index in [1.807, 2.05) is 11.8 Å². The number of hydrogen-bond donors (Lipinski definition) is 1. The Balaban J connectivity index is 1.95. The lowest BCUT2D eigenvalue weighted by molar-refractivity contribution is 0.0873. The normalized spacial score (nSPS) is 26.0. The van der Waals surface area contributed by atoms with Crippen LogP contribution >= 0.6 is 11.8 Å². The van der Waals surface area contributed by atoms with E-state index in [-0.39, 0.29) is 0 Å². The van der Waals surface area contributed by atoms with E-state index in [1.165, 1.54) is 38.0 Å². The highest BCUT2D eigenvalue weighted by Crippen LogP contribution is 2.22. The highest BCUT2D eigenvalue weighted by atomic mass is 32.2. The summed E-state index contributed by atoms with van der Waals surface area (Å²) in [7, 11) is 0. The fourth-order valence-corrected chi connectivity index (χ4v) is 2.65. The van der Waals surface area contributed by atoms with Crippen LogP contribution in [-0.4, -0.2) is 37.8 Å². The first-order valence-electron chi connectivity index (χ1n) is 6.19. The average molecular weight is 231 g/mol. The average Bonchev–Trinajstić information content (AvgIpc) is 2.70. The fourth-order valence-electron chi connectivity index (χ4n) is 2.16. The molecule has 1 saturated heterocycles. The maximum Gasteiger partial charge on any atom is 0.0613 e.